The summed E-state index contributed by atoms with van der Waals surface area (Å²) in [5, 5.41) is 125. The molecule has 5 fully saturated rings. The van der Waals surface area contributed by atoms with Crippen LogP contribution in [-0.4, -0.2) is 196 Å². The molecule has 18 N–H and O–H groups in total. The van der Waals surface area contributed by atoms with Crippen LogP contribution in [0.3, 0.4) is 0 Å². The van der Waals surface area contributed by atoms with Gasteiger partial charge in [-0.2, -0.15) is 0 Å². The smallest absolute Gasteiger partial charge is 0.264 e. The zero-order valence-corrected chi connectivity index (χ0v) is 65.2. The molecule has 37 heteroatoms. The van der Waals surface area contributed by atoms with E-state index >= 15 is 28.8 Å². The largest absolute Gasteiger partial charge is 0.508 e. The van der Waals surface area contributed by atoms with Crippen LogP contribution in [0.25, 0.3) is 11.1 Å². The van der Waals surface area contributed by atoms with Crippen molar-refractivity contribution in [1.29, 1.82) is 0 Å². The number of benzene rings is 6. The van der Waals surface area contributed by atoms with Gasteiger partial charge in [0, 0.05) is 29.8 Å². The molecule has 620 valence electrons. The van der Waals surface area contributed by atoms with Gasteiger partial charge in [-0.3, -0.25) is 38.4 Å². The first kappa shape index (κ1) is 83.8. The van der Waals surface area contributed by atoms with E-state index in [1.165, 1.54) is 31.3 Å². The molecule has 34 nitrogen and oxygen atoms in total. The Bertz CT molecular complexity index is 4880. The predicted octanol–water partition coefficient (Wildman–Crippen LogP) is 3.16. The van der Waals surface area contributed by atoms with Crippen molar-refractivity contribution in [3.05, 3.63) is 141 Å². The number of amides is 8. The Morgan fingerprint density at radius 2 is 1.24 bits per heavy atom. The quantitative estimate of drug-likeness (QED) is 0.0518. The van der Waals surface area contributed by atoms with Crippen LogP contribution in [0.15, 0.2) is 108 Å². The number of likely N-dealkylation sites (N-methyl/N-ethyl adjacent to an activating group) is 1. The van der Waals surface area contributed by atoms with Crippen molar-refractivity contribution in [3.63, 3.8) is 0 Å². The number of phenols is 3. The summed E-state index contributed by atoms with van der Waals surface area (Å²) in [5.41, 5.74) is -2.40. The van der Waals surface area contributed by atoms with Gasteiger partial charge in [-0.05, 0) is 189 Å². The van der Waals surface area contributed by atoms with Crippen molar-refractivity contribution in [1.82, 2.24) is 47.3 Å². The third kappa shape index (κ3) is 17.9. The fraction of sp³-hybridized carbons (Fsp3) is 0.443. The van der Waals surface area contributed by atoms with Crippen molar-refractivity contribution in [2.45, 2.75) is 162 Å². The highest BCUT2D eigenvalue weighted by molar-refractivity contribution is 7.90. The Hall–Kier alpha value is -10.2. The SMILES string of the molecule is CCOCCOc1ccc(S(=O)(=O)NC(=O)C[C@@H]2NC(=O)[C@H](NC(=O)[C@@H](CC(C)C)NC)[C@H](O)c3ccc(c(Cl)c3)Oc3cc4cc(c3O[C@@H]3O[C@H](CO)[C@@H](O)[C@H](O)[C@H]3O)Oc3ccc(cc3Cl)[C@@H](O)[C@@H]3NC(=O)[C@H](NC(=O)[C@@H]4NC2=O)c2ccc(O)c(c2)-c2c(O)cc(O)cc2[C@@H](C(=O)NC2C4CC5CC(C4)CC2C5)NC3=O)cc1. The molecule has 6 aliphatic heterocycles. The third-order valence-electron chi connectivity index (χ3n) is 22.0. The standard InChI is InChI=1S/C79H89Cl2N9O25S/c1-5-110-16-17-111-43-9-11-44(12-10-43)116(108,109)90-58(95)31-50-73(102)85-62-41-27-55(112-53-14-7-37(25-47(53)80)66(96)64(77(106)83-50)88-72(101)49(82-4)18-33(2)3)71(115-79-70(100)69(99)68(98)57(32-91)114-79)56(28-41)113-54-15-8-38(26-48(54)81)67(97)65-78(107)87-63(76(105)84-60-39-20-34-19-35(22-39)23-40(60)21-34)46-29-42(92)30-52(94)59(46)45-24-36(6-13-51(45)93)61(74(103)89-65)86-75(62)104/h6-15,24-30,33-35,39-40,49-50,57,60-70,79,82,91-94,96-100H,5,16-23,31-32H2,1-4H3,(H,83,106)(H,84,105)(H,85,102)(H,86,104)(H,87,107)(H,88,101)(H,89,103)(H,90,95)/t34?,35?,39?,40?,49-,50+,57-,60?,61-,62-,63+,64-,65+,66-,67-,68-,69+,70-,79+/m1/s1. The molecular formula is C79H89Cl2N9O25S. The summed E-state index contributed by atoms with van der Waals surface area (Å²) < 4.78 is 66.5. The molecule has 0 unspecified atom stereocenters. The van der Waals surface area contributed by atoms with E-state index in [0.717, 1.165) is 111 Å². The molecule has 0 spiro atoms. The van der Waals surface area contributed by atoms with Crippen molar-refractivity contribution < 1.29 is 121 Å². The first-order chi connectivity index (χ1) is 55.3. The molecule has 14 atom stereocenters. The number of carbonyl (C=O) groups excluding carboxylic acids is 8. The fourth-order valence-electron chi connectivity index (χ4n) is 16.5. The Morgan fingerprint density at radius 3 is 1.85 bits per heavy atom. The summed E-state index contributed by atoms with van der Waals surface area (Å²) in [6, 6.07) is 3.97. The van der Waals surface area contributed by atoms with Crippen molar-refractivity contribution in [3.8, 4) is 62.9 Å². The van der Waals surface area contributed by atoms with Crippen molar-refractivity contribution in [2.75, 3.05) is 33.5 Å². The maximum Gasteiger partial charge on any atom is 0.264 e. The normalized spacial score (nSPS) is 27.9. The number of rotatable bonds is 19. The molecule has 1 saturated heterocycles. The summed E-state index contributed by atoms with van der Waals surface area (Å²) in [6.07, 6.45) is -11.2. The molecule has 116 heavy (non-hydrogen) atoms. The van der Waals surface area contributed by atoms with E-state index in [1.807, 2.05) is 4.72 Å². The van der Waals surface area contributed by atoms with Gasteiger partial charge in [-0.1, -0.05) is 55.2 Å². The molecule has 15 bridgehead atoms. The minimum Gasteiger partial charge on any atom is -0.508 e. The van der Waals surface area contributed by atoms with E-state index in [4.69, 9.17) is 51.6 Å². The molecule has 4 saturated carbocycles. The number of halogens is 2. The molecule has 6 aromatic rings. The molecule has 8 amide bonds. The van der Waals surface area contributed by atoms with Gasteiger partial charge in [0.25, 0.3) is 10.0 Å². The first-order valence-electron chi connectivity index (χ1n) is 37.8. The van der Waals surface area contributed by atoms with Crippen molar-refractivity contribution in [2.24, 2.45) is 29.6 Å². The van der Waals surface area contributed by atoms with Crippen LogP contribution in [0.4, 0.5) is 0 Å². The highest BCUT2D eigenvalue weighted by atomic mass is 35.5. The topological polar surface area (TPSA) is 516 Å². The highest BCUT2D eigenvalue weighted by Gasteiger charge is 2.51. The summed E-state index contributed by atoms with van der Waals surface area (Å²) in [7, 11) is -3.46. The highest BCUT2D eigenvalue weighted by Crippen LogP contribution is 2.55. The lowest BCUT2D eigenvalue weighted by molar-refractivity contribution is -0.277. The van der Waals surface area contributed by atoms with Gasteiger partial charge >= 0.3 is 0 Å². The fourth-order valence-corrected chi connectivity index (χ4v) is 17.9. The van der Waals surface area contributed by atoms with Gasteiger partial charge in [0.2, 0.25) is 59.3 Å². The van der Waals surface area contributed by atoms with E-state index in [0.29, 0.717) is 18.4 Å². The number of ether oxygens (including phenoxy) is 6. The number of hydrogen-bond donors (Lipinski definition) is 18. The lowest BCUT2D eigenvalue weighted by Gasteiger charge is -2.54. The monoisotopic (exact) mass is 1670 g/mol. The molecular weight excluding hydrogens is 1580 g/mol. The van der Waals surface area contributed by atoms with Crippen LogP contribution in [0.5, 0.6) is 51.7 Å². The Balaban J connectivity index is 0.995. The number of carbonyl (C=O) groups is 8. The number of sulfonamides is 1. The maximum absolute atomic E-state index is 16.4. The van der Waals surface area contributed by atoms with Crippen LogP contribution in [0, 0.1) is 29.6 Å². The number of nitrogens with one attached hydrogen (secondary N) is 9. The van der Waals surface area contributed by atoms with E-state index in [2.05, 4.69) is 42.5 Å². The zero-order valence-electron chi connectivity index (χ0n) is 62.9. The Labute approximate surface area is 674 Å². The third-order valence-corrected chi connectivity index (χ3v) is 24.0. The molecule has 0 radical (unpaired) electrons. The van der Waals surface area contributed by atoms with Gasteiger partial charge in [0.05, 0.1) is 40.6 Å². The predicted molar refractivity (Wildman–Crippen MR) is 409 cm³/mol. The van der Waals surface area contributed by atoms with Crippen molar-refractivity contribution >= 4 is 80.5 Å². The molecule has 6 heterocycles. The summed E-state index contributed by atoms with van der Waals surface area (Å²) in [5.74, 6) is -14.2. The summed E-state index contributed by atoms with van der Waals surface area (Å²) in [4.78, 5) is 123. The molecule has 0 aromatic heterocycles. The van der Waals surface area contributed by atoms with E-state index in [9.17, 15) is 64.0 Å². The number of aliphatic hydroxyl groups excluding tert-OH is 6. The molecule has 6 aromatic carbocycles. The number of aliphatic hydroxyl groups is 6. The van der Waals surface area contributed by atoms with E-state index in [-0.39, 0.29) is 82.3 Å². The van der Waals surface area contributed by atoms with Crippen LogP contribution in [0.1, 0.15) is 124 Å². The molecule has 16 rings (SSSR count). The maximum atomic E-state index is 16.4. The minimum atomic E-state index is -4.91. The number of aromatic hydroxyl groups is 3. The van der Waals surface area contributed by atoms with Crippen LogP contribution < -0.4 is 66.2 Å². The zero-order chi connectivity index (χ0) is 83.0. The summed E-state index contributed by atoms with van der Waals surface area (Å²) in [6.45, 7) is 5.08. The minimum absolute atomic E-state index is 0.0555. The second-order valence-electron chi connectivity index (χ2n) is 30.4. The van der Waals surface area contributed by atoms with E-state index in [1.54, 1.807) is 20.8 Å². The summed E-state index contributed by atoms with van der Waals surface area (Å²) >= 11 is 14.2. The van der Waals surface area contributed by atoms with Gasteiger partial charge < -0.3 is 117 Å². The van der Waals surface area contributed by atoms with Gasteiger partial charge in [-0.25, -0.2) is 13.1 Å². The number of hydrogen-bond acceptors (Lipinski definition) is 26. The number of fused-ring (bicyclic) bond motifs is 15. The Kier molecular flexibility index (Phi) is 25.3. The average molecular weight is 1670 g/mol. The van der Waals surface area contributed by atoms with E-state index < -0.39 is 222 Å². The number of phenolic OH excluding ortho intramolecular Hbond substituents is 3. The Morgan fingerprint density at radius 1 is 0.629 bits per heavy atom. The lowest BCUT2D eigenvalue weighted by Crippen LogP contribution is -2.60. The second kappa shape index (κ2) is 35.0. The average Bonchev–Trinajstić information content (AvgIpc) is 0.758. The lowest BCUT2D eigenvalue weighted by atomic mass is 9.54. The molecule has 10 aliphatic rings. The first-order valence-corrected chi connectivity index (χ1v) is 40.0. The van der Waals surface area contributed by atoms with Gasteiger partial charge in [0.1, 0.15) is 114 Å². The van der Waals surface area contributed by atoms with Crippen LogP contribution in [-0.2, 0) is 57.9 Å². The molecule has 4 aliphatic carbocycles. The van der Waals surface area contributed by atoms with Gasteiger partial charge in [0.15, 0.2) is 11.5 Å². The van der Waals surface area contributed by atoms with Crippen LogP contribution >= 0.6 is 23.2 Å². The van der Waals surface area contributed by atoms with Gasteiger partial charge in [-0.15, -0.1) is 0 Å². The van der Waals surface area contributed by atoms with Crippen LogP contribution in [0.2, 0.25) is 10.0 Å². The second-order valence-corrected chi connectivity index (χ2v) is 32.9.